The third-order valence-electron chi connectivity index (χ3n) is 6.59. The van der Waals surface area contributed by atoms with Crippen LogP contribution in [-0.2, 0) is 16.7 Å². The molecule has 0 spiro atoms. The maximum atomic E-state index is 12.5. The number of esters is 1. The third-order valence-corrected chi connectivity index (χ3v) is 6.59. The van der Waals surface area contributed by atoms with E-state index in [1.165, 1.54) is 22.4 Å². The Labute approximate surface area is 208 Å². The normalized spacial score (nSPS) is 16.5. The predicted octanol–water partition coefficient (Wildman–Crippen LogP) is 7.02. The summed E-state index contributed by atoms with van der Waals surface area (Å²) in [5.74, 6) is -0.288. The van der Waals surface area contributed by atoms with Crippen molar-refractivity contribution in [1.82, 2.24) is 0 Å². The van der Waals surface area contributed by atoms with Gasteiger partial charge in [0.1, 0.15) is 11.1 Å². The quantitative estimate of drug-likeness (QED) is 0.228. The van der Waals surface area contributed by atoms with E-state index in [1.807, 2.05) is 32.9 Å². The van der Waals surface area contributed by atoms with Gasteiger partial charge in [-0.15, -0.1) is 0 Å². The fourth-order valence-electron chi connectivity index (χ4n) is 5.11. The Bertz CT molecular complexity index is 1240. The summed E-state index contributed by atoms with van der Waals surface area (Å²) in [4.78, 5) is 15.0. The molecule has 35 heavy (non-hydrogen) atoms. The van der Waals surface area contributed by atoms with Crippen molar-refractivity contribution in [1.29, 1.82) is 0 Å². The molecule has 1 atom stereocenters. The maximum Gasteiger partial charge on any atom is 0.338 e. The molecule has 0 N–H and O–H groups in total. The van der Waals surface area contributed by atoms with Crippen molar-refractivity contribution >= 4 is 11.7 Å². The largest absolute Gasteiger partial charge is 0.456 e. The molecule has 1 saturated heterocycles. The summed E-state index contributed by atoms with van der Waals surface area (Å²) in [7, 11) is 0. The van der Waals surface area contributed by atoms with Crippen LogP contribution in [0.4, 0.5) is 5.69 Å². The fourth-order valence-corrected chi connectivity index (χ4v) is 5.11. The van der Waals surface area contributed by atoms with Crippen molar-refractivity contribution in [2.75, 3.05) is 4.90 Å². The zero-order valence-corrected chi connectivity index (χ0v) is 20.5. The number of carbonyl (C=O) groups excluding carboxylic acids is 1. The molecule has 3 nitrogen and oxygen atoms in total. The van der Waals surface area contributed by atoms with Crippen LogP contribution in [0.5, 0.6) is 0 Å². The number of carbonyl (C=O) groups is 1. The van der Waals surface area contributed by atoms with Crippen LogP contribution < -0.4 is 4.90 Å². The Balaban J connectivity index is 1.52. The van der Waals surface area contributed by atoms with Crippen LogP contribution >= 0.6 is 0 Å². The standard InChI is InChI=1S/C32H31NO2/c1-31(2,3)35-30(34)25-21-19-24(20-22-25)23-29-32(26-13-7-4-8-14-26,27-15-9-5-10-16-27)33(29)28-17-11-6-12-18-28/h4-22,29H,23H2,1-3H3/t29-,33?/m0/s1. The highest BCUT2D eigenvalue weighted by molar-refractivity contribution is 5.89. The molecule has 4 aromatic carbocycles. The second-order valence-electron chi connectivity index (χ2n) is 10.1. The molecular formula is C32H31NO2. The highest BCUT2D eigenvalue weighted by Crippen LogP contribution is 2.58. The van der Waals surface area contributed by atoms with E-state index in [2.05, 4.69) is 108 Å². The van der Waals surface area contributed by atoms with Gasteiger partial charge in [-0.05, 0) is 68.1 Å². The van der Waals surface area contributed by atoms with Crippen molar-refractivity contribution in [2.24, 2.45) is 0 Å². The molecule has 0 amide bonds. The maximum absolute atomic E-state index is 12.5. The van der Waals surface area contributed by atoms with Crippen LogP contribution in [0.25, 0.3) is 0 Å². The van der Waals surface area contributed by atoms with Crippen LogP contribution in [0.1, 0.15) is 47.8 Å². The van der Waals surface area contributed by atoms with Crippen molar-refractivity contribution in [2.45, 2.75) is 44.4 Å². The number of hydrogen-bond donors (Lipinski definition) is 0. The van der Waals surface area contributed by atoms with Gasteiger partial charge in [0.15, 0.2) is 0 Å². The third kappa shape index (κ3) is 4.46. The van der Waals surface area contributed by atoms with Gasteiger partial charge in [0, 0.05) is 5.69 Å². The molecule has 1 aliphatic heterocycles. The number of nitrogens with zero attached hydrogens (tertiary/aromatic N) is 1. The second kappa shape index (κ2) is 9.07. The van der Waals surface area contributed by atoms with E-state index in [0.29, 0.717) is 5.56 Å². The van der Waals surface area contributed by atoms with E-state index in [-0.39, 0.29) is 17.6 Å². The number of ether oxygens (including phenoxy) is 1. The summed E-state index contributed by atoms with van der Waals surface area (Å²) in [5, 5.41) is 0. The first kappa shape index (κ1) is 22.9. The number of anilines is 1. The Morgan fingerprint density at radius 1 is 0.743 bits per heavy atom. The van der Waals surface area contributed by atoms with Gasteiger partial charge in [-0.25, -0.2) is 4.79 Å². The Morgan fingerprint density at radius 3 is 1.71 bits per heavy atom. The smallest absolute Gasteiger partial charge is 0.338 e. The fraction of sp³-hybridized carbons (Fsp3) is 0.219. The minimum atomic E-state index is -0.509. The van der Waals surface area contributed by atoms with Gasteiger partial charge in [0.05, 0.1) is 11.6 Å². The minimum absolute atomic E-state index is 0.238. The van der Waals surface area contributed by atoms with Gasteiger partial charge in [-0.3, -0.25) is 0 Å². The first-order chi connectivity index (χ1) is 16.9. The Hall–Kier alpha value is -3.85. The summed E-state index contributed by atoms with van der Waals surface area (Å²) in [5.41, 5.74) is 4.78. The number of para-hydroxylation sites is 1. The molecule has 1 fully saturated rings. The lowest BCUT2D eigenvalue weighted by Gasteiger charge is -2.20. The van der Waals surface area contributed by atoms with E-state index in [0.717, 1.165) is 6.42 Å². The number of rotatable bonds is 6. The molecule has 1 heterocycles. The van der Waals surface area contributed by atoms with Gasteiger partial charge < -0.3 is 9.64 Å². The Morgan fingerprint density at radius 2 is 1.23 bits per heavy atom. The molecule has 0 aliphatic carbocycles. The minimum Gasteiger partial charge on any atom is -0.456 e. The van der Waals surface area contributed by atoms with Gasteiger partial charge in [-0.2, -0.15) is 0 Å². The highest BCUT2D eigenvalue weighted by Gasteiger charge is 2.64. The van der Waals surface area contributed by atoms with Crippen LogP contribution in [-0.4, -0.2) is 17.6 Å². The molecule has 5 rings (SSSR count). The van der Waals surface area contributed by atoms with Crippen LogP contribution in [0, 0.1) is 0 Å². The van der Waals surface area contributed by atoms with Crippen LogP contribution in [0.15, 0.2) is 115 Å². The molecule has 1 aliphatic rings. The molecular weight excluding hydrogens is 430 g/mol. The number of hydrogen-bond acceptors (Lipinski definition) is 3. The molecule has 176 valence electrons. The first-order valence-electron chi connectivity index (χ1n) is 12.2. The SMILES string of the molecule is CC(C)(C)OC(=O)c1ccc(C[C@@H]2N(c3ccccc3)C2(c2ccccc2)c2ccccc2)cc1. The van der Waals surface area contributed by atoms with Crippen molar-refractivity contribution < 1.29 is 9.53 Å². The van der Waals surface area contributed by atoms with Gasteiger partial charge in [0.25, 0.3) is 0 Å². The molecule has 0 unspecified atom stereocenters. The molecule has 3 heteroatoms. The van der Waals surface area contributed by atoms with Gasteiger partial charge in [0.2, 0.25) is 0 Å². The van der Waals surface area contributed by atoms with E-state index < -0.39 is 5.60 Å². The van der Waals surface area contributed by atoms with Crippen molar-refractivity contribution in [3.63, 3.8) is 0 Å². The first-order valence-corrected chi connectivity index (χ1v) is 12.2. The average Bonchev–Trinajstić information content (AvgIpc) is 3.54. The molecule has 0 bridgehead atoms. The summed E-state index contributed by atoms with van der Waals surface area (Å²) in [6, 6.07) is 40.3. The Kier molecular flexibility index (Phi) is 5.94. The van der Waals surface area contributed by atoms with E-state index in [9.17, 15) is 4.79 Å². The molecule has 0 saturated carbocycles. The molecule has 0 aromatic heterocycles. The predicted molar refractivity (Wildman–Crippen MR) is 142 cm³/mol. The summed E-state index contributed by atoms with van der Waals surface area (Å²) >= 11 is 0. The summed E-state index contributed by atoms with van der Waals surface area (Å²) < 4.78 is 5.53. The monoisotopic (exact) mass is 461 g/mol. The summed E-state index contributed by atoms with van der Waals surface area (Å²) in [6.07, 6.45) is 0.854. The zero-order chi connectivity index (χ0) is 24.5. The number of benzene rings is 4. The van der Waals surface area contributed by atoms with Crippen molar-refractivity contribution in [3.05, 3.63) is 138 Å². The zero-order valence-electron chi connectivity index (χ0n) is 20.5. The lowest BCUT2D eigenvalue weighted by Crippen LogP contribution is -2.23. The van der Waals surface area contributed by atoms with E-state index in [4.69, 9.17) is 4.74 Å². The van der Waals surface area contributed by atoms with E-state index in [1.54, 1.807) is 0 Å². The lowest BCUT2D eigenvalue weighted by atomic mass is 9.85. The van der Waals surface area contributed by atoms with E-state index >= 15 is 0 Å². The second-order valence-corrected chi connectivity index (χ2v) is 10.1. The molecule has 4 aromatic rings. The summed E-state index contributed by atoms with van der Waals surface area (Å²) in [6.45, 7) is 5.66. The highest BCUT2D eigenvalue weighted by atomic mass is 16.6. The van der Waals surface area contributed by atoms with Crippen LogP contribution in [0.3, 0.4) is 0 Å². The van der Waals surface area contributed by atoms with Gasteiger partial charge >= 0.3 is 5.97 Å². The van der Waals surface area contributed by atoms with Crippen LogP contribution in [0.2, 0.25) is 0 Å². The molecule has 0 radical (unpaired) electrons. The van der Waals surface area contributed by atoms with Gasteiger partial charge in [-0.1, -0.05) is 91.0 Å². The van der Waals surface area contributed by atoms with Crippen molar-refractivity contribution in [3.8, 4) is 0 Å². The average molecular weight is 462 g/mol. The lowest BCUT2D eigenvalue weighted by molar-refractivity contribution is 0.00695. The topological polar surface area (TPSA) is 29.3 Å².